The largest absolute Gasteiger partial charge is 0.477 e. The van der Waals surface area contributed by atoms with Crippen LogP contribution in [-0.2, 0) is 25.5 Å². The average molecular weight is 363 g/mol. The lowest BCUT2D eigenvalue weighted by Crippen LogP contribution is -2.47. The number of hydrogen-bond donors (Lipinski definition) is 1. The summed E-state index contributed by atoms with van der Waals surface area (Å²) in [5, 5.41) is 13.2. The van der Waals surface area contributed by atoms with E-state index < -0.39 is 11.8 Å². The minimum Gasteiger partial charge on any atom is -0.477 e. The van der Waals surface area contributed by atoms with Crippen molar-refractivity contribution in [3.05, 3.63) is 35.4 Å². The number of benzene rings is 1. The van der Waals surface area contributed by atoms with Gasteiger partial charge in [-0.3, -0.25) is 0 Å². The van der Waals surface area contributed by atoms with E-state index in [9.17, 15) is 4.79 Å². The Morgan fingerprint density at radius 1 is 1.27 bits per heavy atom. The first-order valence-electron chi connectivity index (χ1n) is 9.21. The Hall–Kier alpha value is -1.92. The first-order valence-corrected chi connectivity index (χ1v) is 9.21. The molecule has 1 heterocycles. The molecule has 2 rings (SSSR count). The lowest BCUT2D eigenvalue weighted by Gasteiger charge is -2.34. The van der Waals surface area contributed by atoms with E-state index in [2.05, 4.69) is 36.3 Å². The van der Waals surface area contributed by atoms with Crippen LogP contribution < -0.4 is 0 Å². The highest BCUT2D eigenvalue weighted by atomic mass is 16.7. The number of hydrogen-bond acceptors (Lipinski definition) is 5. The van der Waals surface area contributed by atoms with Crippen LogP contribution in [-0.4, -0.2) is 42.4 Å². The molecule has 144 valence electrons. The van der Waals surface area contributed by atoms with Gasteiger partial charge in [0.2, 0.25) is 0 Å². The standard InChI is InChI=1S/C20H29NO5/c1-4-16-8-10-18(11-9-16)15(2)21-26-12-6-5-7-17-13-24-20(3,19(22)23)25-14-17/h8-11,17H,4-7,12-14H2,1-3H3,(H,22,23)/b21-15-. The summed E-state index contributed by atoms with van der Waals surface area (Å²) in [5.74, 6) is -2.35. The van der Waals surface area contributed by atoms with Gasteiger partial charge in [0.05, 0.1) is 18.9 Å². The molecule has 1 aliphatic rings. The summed E-state index contributed by atoms with van der Waals surface area (Å²) < 4.78 is 10.7. The van der Waals surface area contributed by atoms with Crippen molar-refractivity contribution >= 4 is 11.7 Å². The van der Waals surface area contributed by atoms with Crippen LogP contribution in [0, 0.1) is 5.92 Å². The number of aryl methyl sites for hydroxylation is 1. The van der Waals surface area contributed by atoms with E-state index in [-0.39, 0.29) is 5.92 Å². The van der Waals surface area contributed by atoms with E-state index in [1.54, 1.807) is 0 Å². The maximum Gasteiger partial charge on any atom is 0.364 e. The zero-order valence-electron chi connectivity index (χ0n) is 15.9. The molecular weight excluding hydrogens is 334 g/mol. The van der Waals surface area contributed by atoms with Gasteiger partial charge >= 0.3 is 5.97 Å². The second-order valence-electron chi connectivity index (χ2n) is 6.80. The summed E-state index contributed by atoms with van der Waals surface area (Å²) in [4.78, 5) is 16.4. The predicted octanol–water partition coefficient (Wildman–Crippen LogP) is 3.62. The molecule has 26 heavy (non-hydrogen) atoms. The van der Waals surface area contributed by atoms with Crippen molar-refractivity contribution < 1.29 is 24.2 Å². The van der Waals surface area contributed by atoms with E-state index in [4.69, 9.17) is 19.4 Å². The van der Waals surface area contributed by atoms with Crippen LogP contribution in [0.5, 0.6) is 0 Å². The molecule has 0 radical (unpaired) electrons. The lowest BCUT2D eigenvalue weighted by atomic mass is 10.0. The van der Waals surface area contributed by atoms with Gasteiger partial charge in [0, 0.05) is 12.8 Å². The molecule has 1 N–H and O–H groups in total. The smallest absolute Gasteiger partial charge is 0.364 e. The minimum absolute atomic E-state index is 0.227. The molecule has 0 atom stereocenters. The van der Waals surface area contributed by atoms with Gasteiger partial charge in [-0.15, -0.1) is 0 Å². The molecule has 0 bridgehead atoms. The molecule has 1 aliphatic heterocycles. The number of ether oxygens (including phenoxy) is 2. The van der Waals surface area contributed by atoms with E-state index in [0.717, 1.165) is 37.0 Å². The van der Waals surface area contributed by atoms with E-state index in [1.165, 1.54) is 12.5 Å². The van der Waals surface area contributed by atoms with Crippen LogP contribution in [0.25, 0.3) is 0 Å². The maximum absolute atomic E-state index is 11.0. The molecule has 0 saturated carbocycles. The number of carboxylic acid groups (broad SMARTS) is 1. The fraction of sp³-hybridized carbons (Fsp3) is 0.600. The van der Waals surface area contributed by atoms with Gasteiger partial charge in [0.15, 0.2) is 0 Å². The van der Waals surface area contributed by atoms with Crippen LogP contribution >= 0.6 is 0 Å². The number of rotatable bonds is 9. The monoisotopic (exact) mass is 363 g/mol. The van der Waals surface area contributed by atoms with Crippen LogP contribution in [0.15, 0.2) is 29.4 Å². The quantitative estimate of drug-likeness (QED) is 0.412. The second kappa shape index (κ2) is 9.69. The molecule has 6 heteroatoms. The summed E-state index contributed by atoms with van der Waals surface area (Å²) in [6.45, 7) is 6.90. The number of aliphatic carboxylic acids is 1. The molecule has 1 saturated heterocycles. The first kappa shape index (κ1) is 20.4. The van der Waals surface area contributed by atoms with E-state index >= 15 is 0 Å². The van der Waals surface area contributed by atoms with Crippen molar-refractivity contribution in [2.45, 2.75) is 52.2 Å². The SMILES string of the molecule is CCc1ccc(/C(C)=N\OCCCCC2COC(C)(C(=O)O)OC2)cc1. The van der Waals surface area contributed by atoms with Gasteiger partial charge < -0.3 is 19.4 Å². The highest BCUT2D eigenvalue weighted by molar-refractivity contribution is 5.98. The summed E-state index contributed by atoms with van der Waals surface area (Å²) in [5.41, 5.74) is 3.25. The normalized spacial score (nSPS) is 23.7. The van der Waals surface area contributed by atoms with Crippen molar-refractivity contribution in [3.8, 4) is 0 Å². The fourth-order valence-corrected chi connectivity index (χ4v) is 2.71. The van der Waals surface area contributed by atoms with Crippen LogP contribution in [0.1, 0.15) is 51.2 Å². The Balaban J connectivity index is 1.61. The molecular formula is C20H29NO5. The maximum atomic E-state index is 11.0. The zero-order valence-corrected chi connectivity index (χ0v) is 15.9. The van der Waals surface area contributed by atoms with Crippen LogP contribution in [0.2, 0.25) is 0 Å². The Morgan fingerprint density at radius 2 is 1.92 bits per heavy atom. The molecule has 6 nitrogen and oxygen atoms in total. The number of unbranched alkanes of at least 4 members (excludes halogenated alkanes) is 1. The molecule has 0 aliphatic carbocycles. The van der Waals surface area contributed by atoms with E-state index in [1.807, 2.05) is 6.92 Å². The minimum atomic E-state index is -1.50. The lowest BCUT2D eigenvalue weighted by molar-refractivity contribution is -0.271. The van der Waals surface area contributed by atoms with Crippen molar-refractivity contribution in [1.29, 1.82) is 0 Å². The summed E-state index contributed by atoms with van der Waals surface area (Å²) in [6.07, 6.45) is 3.79. The molecule has 0 unspecified atom stereocenters. The first-order chi connectivity index (χ1) is 12.4. The summed E-state index contributed by atoms with van der Waals surface area (Å²) in [7, 11) is 0. The van der Waals surface area contributed by atoms with Gasteiger partial charge in [0.1, 0.15) is 6.61 Å². The number of oxime groups is 1. The third kappa shape index (κ3) is 5.81. The topological polar surface area (TPSA) is 77.4 Å². The highest BCUT2D eigenvalue weighted by Crippen LogP contribution is 2.24. The average Bonchev–Trinajstić information content (AvgIpc) is 2.65. The third-order valence-electron chi connectivity index (χ3n) is 4.66. The summed E-state index contributed by atoms with van der Waals surface area (Å²) >= 11 is 0. The van der Waals surface area contributed by atoms with Gasteiger partial charge in [-0.05, 0) is 43.7 Å². The highest BCUT2D eigenvalue weighted by Gasteiger charge is 2.40. The molecule has 0 aromatic heterocycles. The molecule has 1 fully saturated rings. The molecule has 0 spiro atoms. The Labute approximate surface area is 155 Å². The number of carbonyl (C=O) groups is 1. The van der Waals surface area contributed by atoms with Crippen LogP contribution in [0.4, 0.5) is 0 Å². The van der Waals surface area contributed by atoms with Crippen molar-refractivity contribution in [3.63, 3.8) is 0 Å². The Bertz CT molecular complexity index is 603. The molecule has 1 aromatic carbocycles. The Kier molecular flexibility index (Phi) is 7.60. The molecule has 1 aromatic rings. The van der Waals surface area contributed by atoms with Gasteiger partial charge in [-0.2, -0.15) is 0 Å². The second-order valence-corrected chi connectivity index (χ2v) is 6.80. The van der Waals surface area contributed by atoms with Crippen molar-refractivity contribution in [1.82, 2.24) is 0 Å². The van der Waals surface area contributed by atoms with Gasteiger partial charge in [-0.1, -0.05) is 36.3 Å². The van der Waals surface area contributed by atoms with Gasteiger partial charge in [0.25, 0.3) is 5.79 Å². The van der Waals surface area contributed by atoms with Gasteiger partial charge in [-0.25, -0.2) is 4.79 Å². The third-order valence-corrected chi connectivity index (χ3v) is 4.66. The van der Waals surface area contributed by atoms with E-state index in [0.29, 0.717) is 19.8 Å². The Morgan fingerprint density at radius 3 is 2.50 bits per heavy atom. The van der Waals surface area contributed by atoms with Crippen LogP contribution in [0.3, 0.4) is 0 Å². The number of nitrogens with zero attached hydrogens (tertiary/aromatic N) is 1. The number of carboxylic acids is 1. The molecule has 0 amide bonds. The fourth-order valence-electron chi connectivity index (χ4n) is 2.71. The summed E-state index contributed by atoms with van der Waals surface area (Å²) in [6, 6.07) is 8.35. The zero-order chi connectivity index (χ0) is 19.0. The van der Waals surface area contributed by atoms with Crippen molar-refractivity contribution in [2.24, 2.45) is 11.1 Å². The van der Waals surface area contributed by atoms with Crippen molar-refractivity contribution in [2.75, 3.05) is 19.8 Å². The predicted molar refractivity (Wildman–Crippen MR) is 99.3 cm³/mol.